The van der Waals surface area contributed by atoms with Gasteiger partial charge in [-0.15, -0.1) is 0 Å². The number of benzene rings is 2. The smallest absolute Gasteiger partial charge is 0.335 e. The van der Waals surface area contributed by atoms with Crippen molar-refractivity contribution < 1.29 is 23.9 Å². The van der Waals surface area contributed by atoms with Crippen LogP contribution < -0.4 is 5.32 Å². The molecule has 0 aromatic heterocycles. The van der Waals surface area contributed by atoms with Crippen molar-refractivity contribution in [3.05, 3.63) is 65.0 Å². The minimum atomic E-state index is -1.27. The predicted molar refractivity (Wildman–Crippen MR) is 102 cm³/mol. The molecule has 7 heteroatoms. The third-order valence-electron chi connectivity index (χ3n) is 4.91. The van der Waals surface area contributed by atoms with Crippen LogP contribution >= 0.6 is 0 Å². The van der Waals surface area contributed by atoms with Crippen LogP contribution in [0.4, 0.5) is 10.1 Å². The van der Waals surface area contributed by atoms with Crippen LogP contribution in [0.15, 0.2) is 42.5 Å². The summed E-state index contributed by atoms with van der Waals surface area (Å²) >= 11 is 0. The summed E-state index contributed by atoms with van der Waals surface area (Å²) in [6, 6.07) is 9.74. The van der Waals surface area contributed by atoms with Gasteiger partial charge in [0.05, 0.1) is 11.1 Å². The average Bonchev–Trinajstić information content (AvgIpc) is 2.68. The van der Waals surface area contributed by atoms with Crippen molar-refractivity contribution in [1.82, 2.24) is 4.90 Å². The van der Waals surface area contributed by atoms with Crippen molar-refractivity contribution in [2.75, 3.05) is 11.9 Å². The Morgan fingerprint density at radius 1 is 1.07 bits per heavy atom. The molecule has 0 spiro atoms. The van der Waals surface area contributed by atoms with Gasteiger partial charge in [-0.25, -0.2) is 9.18 Å². The largest absolute Gasteiger partial charge is 0.478 e. The number of piperidine rings is 1. The van der Waals surface area contributed by atoms with E-state index in [2.05, 4.69) is 5.32 Å². The van der Waals surface area contributed by atoms with Crippen LogP contribution in [-0.2, 0) is 0 Å². The van der Waals surface area contributed by atoms with Crippen molar-refractivity contribution in [3.63, 3.8) is 0 Å². The van der Waals surface area contributed by atoms with E-state index in [-0.39, 0.29) is 23.1 Å². The molecule has 6 nitrogen and oxygen atoms in total. The maximum absolute atomic E-state index is 14.0. The summed E-state index contributed by atoms with van der Waals surface area (Å²) in [6.45, 7) is 2.78. The number of rotatable bonds is 4. The van der Waals surface area contributed by atoms with Crippen molar-refractivity contribution in [2.24, 2.45) is 0 Å². The van der Waals surface area contributed by atoms with Crippen LogP contribution in [0.25, 0.3) is 0 Å². The van der Waals surface area contributed by atoms with Crippen LogP contribution in [-0.4, -0.2) is 40.4 Å². The summed E-state index contributed by atoms with van der Waals surface area (Å²) in [6.07, 6.45) is 3.11. The Morgan fingerprint density at radius 2 is 1.75 bits per heavy atom. The lowest BCUT2D eigenvalue weighted by molar-refractivity contribution is 0.0634. The topological polar surface area (TPSA) is 86.7 Å². The highest BCUT2D eigenvalue weighted by Crippen LogP contribution is 2.20. The first-order chi connectivity index (χ1) is 13.4. The van der Waals surface area contributed by atoms with E-state index in [1.54, 1.807) is 24.3 Å². The molecule has 2 aromatic carbocycles. The number of carbonyl (C=O) groups is 3. The molecular weight excluding hydrogens is 363 g/mol. The van der Waals surface area contributed by atoms with Crippen LogP contribution in [0, 0.1) is 5.82 Å². The molecule has 28 heavy (non-hydrogen) atoms. The minimum absolute atomic E-state index is 0.0413. The molecular formula is C21H21FN2O4. The van der Waals surface area contributed by atoms with Gasteiger partial charge in [0.15, 0.2) is 0 Å². The number of nitrogens with zero attached hydrogens (tertiary/aromatic N) is 1. The molecule has 1 fully saturated rings. The first kappa shape index (κ1) is 19.5. The second-order valence-electron chi connectivity index (χ2n) is 6.87. The SMILES string of the molecule is CC1CCCCN1C(=O)c1ccc(NC(=O)c2ccc(C(=O)O)cc2F)cc1. The molecule has 3 rings (SSSR count). The molecule has 1 atom stereocenters. The van der Waals surface area contributed by atoms with E-state index in [0.717, 1.165) is 37.9 Å². The standard InChI is InChI=1S/C21H21FN2O4/c1-13-4-2-3-11-24(13)20(26)14-5-8-16(9-6-14)23-19(25)17-10-7-15(21(27)28)12-18(17)22/h5-10,12-13H,2-4,11H2,1H3,(H,23,25)(H,27,28). The summed E-state index contributed by atoms with van der Waals surface area (Å²) in [4.78, 5) is 37.6. The molecule has 0 saturated carbocycles. The molecule has 146 valence electrons. The number of amides is 2. The maximum Gasteiger partial charge on any atom is 0.335 e. The fraction of sp³-hybridized carbons (Fsp3) is 0.286. The minimum Gasteiger partial charge on any atom is -0.478 e. The fourth-order valence-corrected chi connectivity index (χ4v) is 3.29. The van der Waals surface area contributed by atoms with Gasteiger partial charge in [0.25, 0.3) is 11.8 Å². The fourth-order valence-electron chi connectivity index (χ4n) is 3.29. The lowest BCUT2D eigenvalue weighted by Gasteiger charge is -2.33. The van der Waals surface area contributed by atoms with Gasteiger partial charge in [0, 0.05) is 23.8 Å². The number of hydrogen-bond donors (Lipinski definition) is 2. The number of halogens is 1. The first-order valence-electron chi connectivity index (χ1n) is 9.12. The van der Waals surface area contributed by atoms with Crippen LogP contribution in [0.2, 0.25) is 0 Å². The van der Waals surface area contributed by atoms with Crippen molar-refractivity contribution in [2.45, 2.75) is 32.2 Å². The van der Waals surface area contributed by atoms with E-state index in [9.17, 15) is 18.8 Å². The van der Waals surface area contributed by atoms with E-state index >= 15 is 0 Å². The second-order valence-corrected chi connectivity index (χ2v) is 6.87. The highest BCUT2D eigenvalue weighted by atomic mass is 19.1. The Morgan fingerprint density at radius 3 is 2.36 bits per heavy atom. The summed E-state index contributed by atoms with van der Waals surface area (Å²) in [5.74, 6) is -2.92. The molecule has 2 amide bonds. The van der Waals surface area contributed by atoms with Crippen molar-refractivity contribution in [1.29, 1.82) is 0 Å². The Kier molecular flexibility index (Phi) is 5.73. The number of anilines is 1. The lowest BCUT2D eigenvalue weighted by Crippen LogP contribution is -2.42. The van der Waals surface area contributed by atoms with Gasteiger partial charge in [-0.3, -0.25) is 9.59 Å². The molecule has 2 N–H and O–H groups in total. The lowest BCUT2D eigenvalue weighted by atomic mass is 10.0. The monoisotopic (exact) mass is 384 g/mol. The zero-order valence-corrected chi connectivity index (χ0v) is 15.4. The van der Waals surface area contributed by atoms with Gasteiger partial charge >= 0.3 is 5.97 Å². The van der Waals surface area contributed by atoms with Gasteiger partial charge < -0.3 is 15.3 Å². The van der Waals surface area contributed by atoms with Gasteiger partial charge in [-0.05, 0) is 68.7 Å². The molecule has 0 aliphatic carbocycles. The van der Waals surface area contributed by atoms with Crippen molar-refractivity contribution >= 4 is 23.5 Å². The normalized spacial score (nSPS) is 16.5. The number of carboxylic acids is 1. The molecule has 1 aliphatic heterocycles. The third kappa shape index (κ3) is 4.19. The van der Waals surface area contributed by atoms with Gasteiger partial charge in [-0.2, -0.15) is 0 Å². The van der Waals surface area contributed by atoms with Crippen LogP contribution in [0.3, 0.4) is 0 Å². The quantitative estimate of drug-likeness (QED) is 0.840. The summed E-state index contributed by atoms with van der Waals surface area (Å²) in [5, 5.41) is 11.4. The number of aromatic carboxylic acids is 1. The summed E-state index contributed by atoms with van der Waals surface area (Å²) in [5.41, 5.74) is 0.454. The summed E-state index contributed by atoms with van der Waals surface area (Å²) < 4.78 is 14.0. The van der Waals surface area contributed by atoms with Crippen molar-refractivity contribution in [3.8, 4) is 0 Å². The Bertz CT molecular complexity index is 911. The van der Waals surface area contributed by atoms with E-state index in [0.29, 0.717) is 11.3 Å². The number of carboxylic acid groups (broad SMARTS) is 1. The number of hydrogen-bond acceptors (Lipinski definition) is 3. The third-order valence-corrected chi connectivity index (χ3v) is 4.91. The Labute approximate surface area is 162 Å². The molecule has 1 unspecified atom stereocenters. The zero-order valence-electron chi connectivity index (χ0n) is 15.4. The maximum atomic E-state index is 14.0. The molecule has 2 aromatic rings. The number of nitrogens with one attached hydrogen (secondary N) is 1. The Hall–Kier alpha value is -3.22. The van der Waals surface area contributed by atoms with E-state index in [4.69, 9.17) is 5.11 Å². The number of likely N-dealkylation sites (tertiary alicyclic amines) is 1. The number of carbonyl (C=O) groups excluding carboxylic acids is 2. The molecule has 1 saturated heterocycles. The molecule has 0 radical (unpaired) electrons. The second kappa shape index (κ2) is 8.21. The van der Waals surface area contributed by atoms with E-state index in [1.165, 1.54) is 6.07 Å². The average molecular weight is 384 g/mol. The molecule has 0 bridgehead atoms. The highest BCUT2D eigenvalue weighted by molar-refractivity contribution is 6.05. The molecule has 1 aliphatic rings. The summed E-state index contributed by atoms with van der Waals surface area (Å²) in [7, 11) is 0. The van der Waals surface area contributed by atoms with Crippen LogP contribution in [0.5, 0.6) is 0 Å². The first-order valence-corrected chi connectivity index (χ1v) is 9.12. The van der Waals surface area contributed by atoms with E-state index < -0.39 is 17.7 Å². The highest BCUT2D eigenvalue weighted by Gasteiger charge is 2.24. The van der Waals surface area contributed by atoms with E-state index in [1.807, 2.05) is 11.8 Å². The predicted octanol–water partition coefficient (Wildman–Crippen LogP) is 3.79. The van der Waals surface area contributed by atoms with Gasteiger partial charge in [0.2, 0.25) is 0 Å². The van der Waals surface area contributed by atoms with Crippen LogP contribution in [0.1, 0.15) is 57.3 Å². The molecule has 1 heterocycles. The zero-order chi connectivity index (χ0) is 20.3. The van der Waals surface area contributed by atoms with Gasteiger partial charge in [-0.1, -0.05) is 0 Å². The Balaban J connectivity index is 1.69. The van der Waals surface area contributed by atoms with Gasteiger partial charge in [0.1, 0.15) is 5.82 Å².